The number of hydrogen-bond donors (Lipinski definition) is 0. The van der Waals surface area contributed by atoms with Gasteiger partial charge in [-0.1, -0.05) is 28.1 Å². The molecule has 0 saturated heterocycles. The van der Waals surface area contributed by atoms with Gasteiger partial charge in [-0.25, -0.2) is 4.98 Å². The summed E-state index contributed by atoms with van der Waals surface area (Å²) in [5, 5.41) is 0. The van der Waals surface area contributed by atoms with Crippen LogP contribution in [0.15, 0.2) is 41.0 Å². The fourth-order valence-corrected chi connectivity index (χ4v) is 1.97. The number of hydrogen-bond acceptors (Lipinski definition) is 4. The number of rotatable bonds is 4. The number of nitrogens with zero attached hydrogens (tertiary/aromatic N) is 4. The van der Waals surface area contributed by atoms with Gasteiger partial charge >= 0.3 is 0 Å². The molecule has 0 aliphatic carbocycles. The quantitative estimate of drug-likeness (QED) is 0.867. The third-order valence-electron chi connectivity index (χ3n) is 2.76. The summed E-state index contributed by atoms with van der Waals surface area (Å²) in [6, 6.07) is 10.2. The van der Waals surface area contributed by atoms with Gasteiger partial charge in [-0.05, 0) is 23.8 Å². The normalized spacial score (nSPS) is 10.3. The van der Waals surface area contributed by atoms with Crippen LogP contribution in [0, 0.1) is 0 Å². The first-order valence-electron chi connectivity index (χ1n) is 6.02. The summed E-state index contributed by atoms with van der Waals surface area (Å²) in [7, 11) is 5.94. The maximum absolute atomic E-state index is 4.52. The van der Waals surface area contributed by atoms with E-state index in [1.54, 1.807) is 6.20 Å². The third kappa shape index (κ3) is 3.67. The first kappa shape index (κ1) is 13.8. The number of benzene rings is 1. The molecule has 2 aromatic rings. The SMILES string of the molecule is CN(C)c1ccnc(N(C)Cc2ccc(Br)cc2)n1. The van der Waals surface area contributed by atoms with Crippen LogP contribution >= 0.6 is 15.9 Å². The van der Waals surface area contributed by atoms with Gasteiger partial charge in [-0.2, -0.15) is 4.98 Å². The number of halogens is 1. The Hall–Kier alpha value is -1.62. The van der Waals surface area contributed by atoms with Crippen LogP contribution in [0.25, 0.3) is 0 Å². The molecule has 0 atom stereocenters. The average molecular weight is 321 g/mol. The maximum Gasteiger partial charge on any atom is 0.227 e. The van der Waals surface area contributed by atoms with Crippen molar-refractivity contribution >= 4 is 27.7 Å². The van der Waals surface area contributed by atoms with Crippen molar-refractivity contribution in [2.45, 2.75) is 6.54 Å². The lowest BCUT2D eigenvalue weighted by Gasteiger charge is -2.19. The fourth-order valence-electron chi connectivity index (χ4n) is 1.71. The van der Waals surface area contributed by atoms with Crippen molar-refractivity contribution in [1.82, 2.24) is 9.97 Å². The van der Waals surface area contributed by atoms with E-state index in [0.717, 1.165) is 22.8 Å². The van der Waals surface area contributed by atoms with E-state index in [4.69, 9.17) is 0 Å². The zero-order valence-electron chi connectivity index (χ0n) is 11.3. The van der Waals surface area contributed by atoms with Gasteiger partial charge in [-0.3, -0.25) is 0 Å². The van der Waals surface area contributed by atoms with E-state index in [9.17, 15) is 0 Å². The molecule has 0 bridgehead atoms. The molecule has 0 aliphatic rings. The summed E-state index contributed by atoms with van der Waals surface area (Å²) in [4.78, 5) is 12.8. The van der Waals surface area contributed by atoms with E-state index in [1.807, 2.05) is 49.1 Å². The van der Waals surface area contributed by atoms with Crippen LogP contribution in [0.4, 0.5) is 11.8 Å². The lowest BCUT2D eigenvalue weighted by atomic mass is 10.2. The molecular weight excluding hydrogens is 304 g/mol. The first-order chi connectivity index (χ1) is 9.06. The minimum absolute atomic E-state index is 0.731. The number of anilines is 2. The molecule has 0 N–H and O–H groups in total. The van der Waals surface area contributed by atoms with Crippen LogP contribution in [0.1, 0.15) is 5.56 Å². The van der Waals surface area contributed by atoms with Gasteiger partial charge in [0.15, 0.2) is 0 Å². The molecule has 0 amide bonds. The molecule has 1 aromatic carbocycles. The van der Waals surface area contributed by atoms with E-state index >= 15 is 0 Å². The highest BCUT2D eigenvalue weighted by Gasteiger charge is 2.07. The second kappa shape index (κ2) is 6.02. The third-order valence-corrected chi connectivity index (χ3v) is 3.29. The summed E-state index contributed by atoms with van der Waals surface area (Å²) in [5.74, 6) is 1.64. The predicted molar refractivity (Wildman–Crippen MR) is 82.6 cm³/mol. The molecule has 4 nitrogen and oxygen atoms in total. The first-order valence-corrected chi connectivity index (χ1v) is 6.81. The van der Waals surface area contributed by atoms with Crippen molar-refractivity contribution in [2.24, 2.45) is 0 Å². The summed E-state index contributed by atoms with van der Waals surface area (Å²) < 4.78 is 1.09. The molecule has 1 aromatic heterocycles. The highest BCUT2D eigenvalue weighted by Crippen LogP contribution is 2.16. The van der Waals surface area contributed by atoms with Crippen molar-refractivity contribution in [2.75, 3.05) is 30.9 Å². The second-order valence-electron chi connectivity index (χ2n) is 4.59. The topological polar surface area (TPSA) is 32.3 Å². The van der Waals surface area contributed by atoms with E-state index in [1.165, 1.54) is 5.56 Å². The fraction of sp³-hybridized carbons (Fsp3) is 0.286. The zero-order chi connectivity index (χ0) is 13.8. The summed E-state index contributed by atoms with van der Waals surface area (Å²) in [6.45, 7) is 0.782. The van der Waals surface area contributed by atoms with Crippen LogP contribution in [0.3, 0.4) is 0 Å². The minimum atomic E-state index is 0.731. The molecular formula is C14H17BrN4. The van der Waals surface area contributed by atoms with Crippen LogP contribution in [-0.2, 0) is 6.54 Å². The second-order valence-corrected chi connectivity index (χ2v) is 5.51. The van der Waals surface area contributed by atoms with Crippen LogP contribution < -0.4 is 9.80 Å². The molecule has 0 radical (unpaired) electrons. The largest absolute Gasteiger partial charge is 0.363 e. The Balaban J connectivity index is 2.13. The van der Waals surface area contributed by atoms with Crippen molar-refractivity contribution < 1.29 is 0 Å². The molecule has 0 unspecified atom stereocenters. The molecule has 0 aliphatic heterocycles. The Morgan fingerprint density at radius 2 is 1.74 bits per heavy atom. The molecule has 5 heteroatoms. The standard InChI is InChI=1S/C14H17BrN4/c1-18(2)13-8-9-16-14(17-13)19(3)10-11-4-6-12(15)7-5-11/h4-9H,10H2,1-3H3. The maximum atomic E-state index is 4.52. The molecule has 0 saturated carbocycles. The van der Waals surface area contributed by atoms with Gasteiger partial charge in [0.05, 0.1) is 0 Å². The Morgan fingerprint density at radius 1 is 1.05 bits per heavy atom. The van der Waals surface area contributed by atoms with E-state index in [2.05, 4.69) is 38.0 Å². The van der Waals surface area contributed by atoms with Crippen molar-refractivity contribution in [3.05, 3.63) is 46.6 Å². The van der Waals surface area contributed by atoms with Crippen LogP contribution in [-0.4, -0.2) is 31.1 Å². The molecule has 100 valence electrons. The Labute approximate surface area is 122 Å². The van der Waals surface area contributed by atoms with Gasteiger partial charge in [-0.15, -0.1) is 0 Å². The van der Waals surface area contributed by atoms with Crippen LogP contribution in [0.2, 0.25) is 0 Å². The van der Waals surface area contributed by atoms with E-state index < -0.39 is 0 Å². The molecule has 0 spiro atoms. The highest BCUT2D eigenvalue weighted by atomic mass is 79.9. The van der Waals surface area contributed by atoms with E-state index in [-0.39, 0.29) is 0 Å². The van der Waals surface area contributed by atoms with Crippen molar-refractivity contribution in [1.29, 1.82) is 0 Å². The van der Waals surface area contributed by atoms with Crippen molar-refractivity contribution in [3.8, 4) is 0 Å². The Kier molecular flexibility index (Phi) is 4.37. The molecule has 2 rings (SSSR count). The lowest BCUT2D eigenvalue weighted by Crippen LogP contribution is -2.20. The van der Waals surface area contributed by atoms with Gasteiger partial charge in [0.2, 0.25) is 5.95 Å². The van der Waals surface area contributed by atoms with Gasteiger partial charge in [0.1, 0.15) is 5.82 Å². The van der Waals surface area contributed by atoms with Gasteiger partial charge < -0.3 is 9.80 Å². The number of aromatic nitrogens is 2. The lowest BCUT2D eigenvalue weighted by molar-refractivity contribution is 0.861. The smallest absolute Gasteiger partial charge is 0.227 e. The molecule has 0 fully saturated rings. The zero-order valence-corrected chi connectivity index (χ0v) is 12.9. The Bertz CT molecular complexity index is 539. The monoisotopic (exact) mass is 320 g/mol. The van der Waals surface area contributed by atoms with E-state index in [0.29, 0.717) is 0 Å². The van der Waals surface area contributed by atoms with Gasteiger partial charge in [0, 0.05) is 38.4 Å². The average Bonchev–Trinajstić information content (AvgIpc) is 2.41. The minimum Gasteiger partial charge on any atom is -0.363 e. The molecule has 1 heterocycles. The summed E-state index contributed by atoms with van der Waals surface area (Å²) >= 11 is 3.44. The Morgan fingerprint density at radius 3 is 2.37 bits per heavy atom. The van der Waals surface area contributed by atoms with Crippen LogP contribution in [0.5, 0.6) is 0 Å². The van der Waals surface area contributed by atoms with Crippen molar-refractivity contribution in [3.63, 3.8) is 0 Å². The predicted octanol–water partition coefficient (Wildman–Crippen LogP) is 2.94. The molecule has 19 heavy (non-hydrogen) atoms. The highest BCUT2D eigenvalue weighted by molar-refractivity contribution is 9.10. The summed E-state index contributed by atoms with van der Waals surface area (Å²) in [5.41, 5.74) is 1.23. The van der Waals surface area contributed by atoms with Gasteiger partial charge in [0.25, 0.3) is 0 Å². The summed E-state index contributed by atoms with van der Waals surface area (Å²) in [6.07, 6.45) is 1.79.